The van der Waals surface area contributed by atoms with E-state index in [4.69, 9.17) is 16.3 Å². The first-order chi connectivity index (χ1) is 14.3. The minimum Gasteiger partial charge on any atom is -0.493 e. The van der Waals surface area contributed by atoms with Crippen molar-refractivity contribution in [3.63, 3.8) is 0 Å². The van der Waals surface area contributed by atoms with E-state index in [-0.39, 0.29) is 42.5 Å². The molecular weight excluding hydrogens is 414 g/mol. The number of nitrogens with one attached hydrogen (secondary N) is 2. The first-order valence-corrected chi connectivity index (χ1v) is 10.1. The van der Waals surface area contributed by atoms with Crippen LogP contribution in [0.5, 0.6) is 5.75 Å². The monoisotopic (exact) mass is 436 g/mol. The number of carbonyl (C=O) groups excluding carboxylic acids is 2. The number of anilines is 1. The predicted molar refractivity (Wildman–Crippen MR) is 111 cm³/mol. The van der Waals surface area contributed by atoms with E-state index in [1.165, 1.54) is 6.07 Å². The fourth-order valence-electron chi connectivity index (χ4n) is 3.46. The molecule has 0 aliphatic carbocycles. The van der Waals surface area contributed by atoms with Crippen LogP contribution in [0.3, 0.4) is 0 Å². The summed E-state index contributed by atoms with van der Waals surface area (Å²) in [6.45, 7) is 3.80. The third-order valence-electron chi connectivity index (χ3n) is 5.25. The number of ether oxygens (including phenoxy) is 1. The minimum absolute atomic E-state index is 0.0358. The van der Waals surface area contributed by atoms with Crippen LogP contribution in [0.2, 0.25) is 5.02 Å². The van der Waals surface area contributed by atoms with E-state index in [9.17, 15) is 18.4 Å². The summed E-state index contributed by atoms with van der Waals surface area (Å²) in [5, 5.41) is 5.89. The number of fused-ring (bicyclic) bond motifs is 1. The molecular formula is C22H23ClF2N2O3. The molecule has 3 rings (SSSR count). The maximum Gasteiger partial charge on any atom is 0.234 e. The molecule has 160 valence electrons. The lowest BCUT2D eigenvalue weighted by Gasteiger charge is -2.22. The molecule has 0 saturated heterocycles. The summed E-state index contributed by atoms with van der Waals surface area (Å²) in [5.74, 6) is -2.44. The van der Waals surface area contributed by atoms with E-state index in [0.717, 1.165) is 11.6 Å². The first-order valence-electron chi connectivity index (χ1n) is 9.74. The normalized spacial score (nSPS) is 17.4. The smallest absolute Gasteiger partial charge is 0.234 e. The molecule has 2 aromatic carbocycles. The second-order valence-corrected chi connectivity index (χ2v) is 7.88. The maximum atomic E-state index is 14.2. The summed E-state index contributed by atoms with van der Waals surface area (Å²) in [4.78, 5) is 24.9. The standard InChI is InChI=1S/C22H23ClF2N2O3/c1-3-10-30-18-7-6-16(24)20(25)14(18)12-26-19(28)8-9-22(2)15-5-4-13(23)11-17(15)27-21(22)29/h4-7,11H,3,8-10,12H2,1-2H3,(H,26,28)(H,27,29)/t22-/m1/s1. The Morgan fingerprint density at radius 2 is 2.03 bits per heavy atom. The van der Waals surface area contributed by atoms with Gasteiger partial charge in [0.05, 0.1) is 17.6 Å². The molecule has 1 aliphatic rings. The Morgan fingerprint density at radius 3 is 2.77 bits per heavy atom. The molecule has 0 saturated carbocycles. The van der Waals surface area contributed by atoms with Crippen LogP contribution in [-0.2, 0) is 21.5 Å². The van der Waals surface area contributed by atoms with Crippen molar-refractivity contribution in [1.29, 1.82) is 0 Å². The topological polar surface area (TPSA) is 67.4 Å². The Balaban J connectivity index is 1.65. The lowest BCUT2D eigenvalue weighted by molar-refractivity contribution is -0.123. The average Bonchev–Trinajstić information content (AvgIpc) is 2.96. The Kier molecular flexibility index (Phi) is 6.61. The number of halogens is 3. The van der Waals surface area contributed by atoms with E-state index in [0.29, 0.717) is 23.7 Å². The van der Waals surface area contributed by atoms with Crippen molar-refractivity contribution < 1.29 is 23.1 Å². The zero-order valence-electron chi connectivity index (χ0n) is 16.8. The highest BCUT2D eigenvalue weighted by molar-refractivity contribution is 6.31. The zero-order valence-corrected chi connectivity index (χ0v) is 17.5. The number of rotatable bonds is 8. The van der Waals surface area contributed by atoms with E-state index in [1.54, 1.807) is 25.1 Å². The van der Waals surface area contributed by atoms with Gasteiger partial charge in [-0.2, -0.15) is 0 Å². The van der Waals surface area contributed by atoms with Crippen LogP contribution in [0.4, 0.5) is 14.5 Å². The van der Waals surface area contributed by atoms with Crippen molar-refractivity contribution in [2.24, 2.45) is 0 Å². The summed E-state index contributed by atoms with van der Waals surface area (Å²) < 4.78 is 33.3. The molecule has 5 nitrogen and oxygen atoms in total. The molecule has 8 heteroatoms. The molecule has 0 unspecified atom stereocenters. The summed E-state index contributed by atoms with van der Waals surface area (Å²) in [6, 6.07) is 7.48. The Morgan fingerprint density at radius 1 is 1.27 bits per heavy atom. The fraction of sp³-hybridized carbons (Fsp3) is 0.364. The van der Waals surface area contributed by atoms with Crippen LogP contribution in [0.1, 0.15) is 44.2 Å². The number of hydrogen-bond acceptors (Lipinski definition) is 3. The third-order valence-corrected chi connectivity index (χ3v) is 5.49. The van der Waals surface area contributed by atoms with Crippen molar-refractivity contribution in [3.8, 4) is 5.75 Å². The predicted octanol–water partition coefficient (Wildman–Crippen LogP) is 4.71. The lowest BCUT2D eigenvalue weighted by Crippen LogP contribution is -2.33. The molecule has 0 radical (unpaired) electrons. The zero-order chi connectivity index (χ0) is 21.9. The largest absolute Gasteiger partial charge is 0.493 e. The molecule has 0 bridgehead atoms. The first kappa shape index (κ1) is 22.0. The van der Waals surface area contributed by atoms with Gasteiger partial charge in [-0.15, -0.1) is 0 Å². The molecule has 1 heterocycles. The average molecular weight is 437 g/mol. The van der Waals surface area contributed by atoms with Gasteiger partial charge in [-0.05, 0) is 49.6 Å². The summed E-state index contributed by atoms with van der Waals surface area (Å²) in [6.07, 6.45) is 0.996. The number of carbonyl (C=O) groups is 2. The van der Waals surface area contributed by atoms with Crippen LogP contribution in [0.15, 0.2) is 30.3 Å². The minimum atomic E-state index is -1.04. The van der Waals surface area contributed by atoms with Crippen LogP contribution < -0.4 is 15.4 Å². The van der Waals surface area contributed by atoms with Gasteiger partial charge in [0, 0.05) is 23.7 Å². The van der Waals surface area contributed by atoms with Crippen LogP contribution in [0.25, 0.3) is 0 Å². The second-order valence-electron chi connectivity index (χ2n) is 7.44. The van der Waals surface area contributed by atoms with Crippen molar-refractivity contribution in [2.75, 3.05) is 11.9 Å². The SMILES string of the molecule is CCCOc1ccc(F)c(F)c1CNC(=O)CC[C@@]1(C)C(=O)Nc2cc(Cl)ccc21. The van der Waals surface area contributed by atoms with Gasteiger partial charge in [0.15, 0.2) is 11.6 Å². The molecule has 0 fully saturated rings. The van der Waals surface area contributed by atoms with E-state index < -0.39 is 17.0 Å². The lowest BCUT2D eigenvalue weighted by atomic mass is 9.79. The summed E-state index contributed by atoms with van der Waals surface area (Å²) >= 11 is 5.98. The molecule has 2 aromatic rings. The van der Waals surface area contributed by atoms with Crippen LogP contribution in [-0.4, -0.2) is 18.4 Å². The van der Waals surface area contributed by atoms with Crippen LogP contribution >= 0.6 is 11.6 Å². The Labute approximate surface area is 178 Å². The van der Waals surface area contributed by atoms with Crippen molar-refractivity contribution >= 4 is 29.1 Å². The maximum absolute atomic E-state index is 14.2. The third kappa shape index (κ3) is 4.41. The Hall–Kier alpha value is -2.67. The van der Waals surface area contributed by atoms with Crippen molar-refractivity contribution in [3.05, 3.63) is 58.1 Å². The molecule has 2 N–H and O–H groups in total. The Bertz CT molecular complexity index is 983. The van der Waals surface area contributed by atoms with Crippen molar-refractivity contribution in [1.82, 2.24) is 5.32 Å². The number of hydrogen-bond donors (Lipinski definition) is 2. The van der Waals surface area contributed by atoms with E-state index >= 15 is 0 Å². The quantitative estimate of drug-likeness (QED) is 0.629. The fourth-order valence-corrected chi connectivity index (χ4v) is 3.63. The van der Waals surface area contributed by atoms with Gasteiger partial charge in [-0.1, -0.05) is 24.6 Å². The van der Waals surface area contributed by atoms with Gasteiger partial charge < -0.3 is 15.4 Å². The summed E-state index contributed by atoms with van der Waals surface area (Å²) in [7, 11) is 0. The molecule has 2 amide bonds. The van der Waals surface area contributed by atoms with Gasteiger partial charge in [0.2, 0.25) is 11.8 Å². The van der Waals surface area contributed by atoms with Gasteiger partial charge in [0.1, 0.15) is 5.75 Å². The van der Waals surface area contributed by atoms with Gasteiger partial charge in [-0.3, -0.25) is 9.59 Å². The highest BCUT2D eigenvalue weighted by atomic mass is 35.5. The molecule has 1 atom stereocenters. The number of amides is 2. The summed E-state index contributed by atoms with van der Waals surface area (Å²) in [5.41, 5.74) is 0.490. The molecule has 0 spiro atoms. The van der Waals surface area contributed by atoms with Crippen molar-refractivity contribution in [2.45, 2.75) is 45.1 Å². The number of benzene rings is 2. The highest BCUT2D eigenvalue weighted by Crippen LogP contribution is 2.41. The van der Waals surface area contributed by atoms with Gasteiger partial charge >= 0.3 is 0 Å². The van der Waals surface area contributed by atoms with E-state index in [2.05, 4.69) is 10.6 Å². The van der Waals surface area contributed by atoms with E-state index in [1.807, 2.05) is 6.92 Å². The molecule has 30 heavy (non-hydrogen) atoms. The van der Waals surface area contributed by atoms with Gasteiger partial charge in [0.25, 0.3) is 0 Å². The van der Waals surface area contributed by atoms with Gasteiger partial charge in [-0.25, -0.2) is 8.78 Å². The molecule has 1 aliphatic heterocycles. The highest BCUT2D eigenvalue weighted by Gasteiger charge is 2.42. The molecule has 0 aromatic heterocycles. The second kappa shape index (κ2) is 9.00. The van der Waals surface area contributed by atoms with Crippen LogP contribution in [0, 0.1) is 11.6 Å².